The molecule has 6 heteroatoms. The lowest BCUT2D eigenvalue weighted by molar-refractivity contribution is 0.0784. The maximum absolute atomic E-state index is 12.3. The van der Waals surface area contributed by atoms with E-state index >= 15 is 0 Å². The summed E-state index contributed by atoms with van der Waals surface area (Å²) < 4.78 is 22.9. The SMILES string of the molecule is CC1CCN(C(=O)c2ccccc2S(N)(=O)=O)C1. The molecule has 1 fully saturated rings. The van der Waals surface area contributed by atoms with Gasteiger partial charge in [-0.3, -0.25) is 4.79 Å². The van der Waals surface area contributed by atoms with Crippen molar-refractivity contribution in [1.29, 1.82) is 0 Å². The van der Waals surface area contributed by atoms with Crippen molar-refractivity contribution in [2.24, 2.45) is 11.1 Å². The molecule has 0 saturated carbocycles. The number of amides is 1. The van der Waals surface area contributed by atoms with Crippen LogP contribution in [0.4, 0.5) is 0 Å². The predicted molar refractivity (Wildman–Crippen MR) is 67.5 cm³/mol. The third-order valence-electron chi connectivity index (χ3n) is 3.14. The van der Waals surface area contributed by atoms with E-state index in [4.69, 9.17) is 5.14 Å². The van der Waals surface area contributed by atoms with Gasteiger partial charge in [-0.1, -0.05) is 19.1 Å². The van der Waals surface area contributed by atoms with Gasteiger partial charge in [0.05, 0.1) is 10.5 Å². The van der Waals surface area contributed by atoms with E-state index in [1.54, 1.807) is 17.0 Å². The molecule has 1 aliphatic rings. The summed E-state index contributed by atoms with van der Waals surface area (Å²) >= 11 is 0. The molecule has 2 rings (SSSR count). The molecular weight excluding hydrogens is 252 g/mol. The number of benzene rings is 1. The highest BCUT2D eigenvalue weighted by atomic mass is 32.2. The van der Waals surface area contributed by atoms with Crippen LogP contribution in [0.2, 0.25) is 0 Å². The van der Waals surface area contributed by atoms with E-state index in [0.29, 0.717) is 19.0 Å². The Hall–Kier alpha value is -1.40. The topological polar surface area (TPSA) is 80.5 Å². The number of nitrogens with zero attached hydrogens (tertiary/aromatic N) is 1. The average molecular weight is 268 g/mol. The second-order valence-corrected chi connectivity index (χ2v) is 6.22. The number of carbonyl (C=O) groups excluding carboxylic acids is 1. The third-order valence-corrected chi connectivity index (χ3v) is 4.10. The second-order valence-electron chi connectivity index (χ2n) is 4.69. The molecule has 1 aromatic rings. The van der Waals surface area contributed by atoms with Crippen LogP contribution in [-0.4, -0.2) is 32.3 Å². The zero-order valence-corrected chi connectivity index (χ0v) is 11.0. The quantitative estimate of drug-likeness (QED) is 0.862. The second kappa shape index (κ2) is 4.70. The minimum absolute atomic E-state index is 0.102. The van der Waals surface area contributed by atoms with E-state index in [1.807, 2.05) is 0 Å². The van der Waals surface area contributed by atoms with Crippen LogP contribution in [0.3, 0.4) is 0 Å². The van der Waals surface area contributed by atoms with Crippen molar-refractivity contribution in [1.82, 2.24) is 4.90 Å². The van der Waals surface area contributed by atoms with Gasteiger partial charge < -0.3 is 4.90 Å². The molecule has 1 saturated heterocycles. The van der Waals surface area contributed by atoms with Gasteiger partial charge in [-0.2, -0.15) is 0 Å². The van der Waals surface area contributed by atoms with Crippen LogP contribution in [0.1, 0.15) is 23.7 Å². The first-order valence-corrected chi connectivity index (χ1v) is 7.35. The van der Waals surface area contributed by atoms with Crippen LogP contribution in [0, 0.1) is 5.92 Å². The number of nitrogens with two attached hydrogens (primary N) is 1. The standard InChI is InChI=1S/C12H16N2O3S/c1-9-6-7-14(8-9)12(15)10-4-2-3-5-11(10)18(13,16)17/h2-5,9H,6-8H2,1H3,(H2,13,16,17). The van der Waals surface area contributed by atoms with Gasteiger partial charge >= 0.3 is 0 Å². The van der Waals surface area contributed by atoms with Crippen molar-refractivity contribution in [3.05, 3.63) is 29.8 Å². The van der Waals surface area contributed by atoms with Gasteiger partial charge in [0, 0.05) is 13.1 Å². The van der Waals surface area contributed by atoms with E-state index in [0.717, 1.165) is 6.42 Å². The van der Waals surface area contributed by atoms with E-state index < -0.39 is 10.0 Å². The molecule has 0 radical (unpaired) electrons. The van der Waals surface area contributed by atoms with Crippen molar-refractivity contribution in [2.45, 2.75) is 18.2 Å². The normalized spacial score (nSPS) is 20.1. The molecule has 0 aromatic heterocycles. The zero-order chi connectivity index (χ0) is 13.3. The van der Waals surface area contributed by atoms with Gasteiger partial charge in [-0.15, -0.1) is 0 Å². The van der Waals surface area contributed by atoms with Gasteiger partial charge in [0.25, 0.3) is 5.91 Å². The number of hydrogen-bond donors (Lipinski definition) is 1. The van der Waals surface area contributed by atoms with Crippen molar-refractivity contribution in [3.8, 4) is 0 Å². The van der Waals surface area contributed by atoms with Crippen LogP contribution in [-0.2, 0) is 10.0 Å². The van der Waals surface area contributed by atoms with E-state index in [9.17, 15) is 13.2 Å². The highest BCUT2D eigenvalue weighted by Crippen LogP contribution is 2.21. The van der Waals surface area contributed by atoms with Crippen molar-refractivity contribution >= 4 is 15.9 Å². The smallest absolute Gasteiger partial charge is 0.255 e. The Morgan fingerprint density at radius 2 is 2.06 bits per heavy atom. The van der Waals surface area contributed by atoms with Crippen LogP contribution < -0.4 is 5.14 Å². The maximum Gasteiger partial charge on any atom is 0.255 e. The Morgan fingerprint density at radius 1 is 1.39 bits per heavy atom. The zero-order valence-electron chi connectivity index (χ0n) is 10.2. The van der Waals surface area contributed by atoms with Crippen LogP contribution in [0.5, 0.6) is 0 Å². The molecule has 5 nitrogen and oxygen atoms in total. The monoisotopic (exact) mass is 268 g/mol. The Kier molecular flexibility index (Phi) is 3.41. The number of likely N-dealkylation sites (tertiary alicyclic amines) is 1. The molecule has 0 spiro atoms. The van der Waals surface area contributed by atoms with Gasteiger partial charge in [0.15, 0.2) is 0 Å². The summed E-state index contributed by atoms with van der Waals surface area (Å²) in [5.74, 6) is 0.194. The molecule has 1 unspecified atom stereocenters. The van der Waals surface area contributed by atoms with E-state index in [2.05, 4.69) is 6.92 Å². The van der Waals surface area contributed by atoms with Crippen molar-refractivity contribution in [3.63, 3.8) is 0 Å². The fourth-order valence-electron chi connectivity index (χ4n) is 2.18. The lowest BCUT2D eigenvalue weighted by atomic mass is 10.2. The highest BCUT2D eigenvalue weighted by Gasteiger charge is 2.27. The Bertz CT molecular complexity index is 568. The largest absolute Gasteiger partial charge is 0.338 e. The molecular formula is C12H16N2O3S. The van der Waals surface area contributed by atoms with Gasteiger partial charge in [0.2, 0.25) is 10.0 Å². The number of rotatable bonds is 2. The van der Waals surface area contributed by atoms with Crippen molar-refractivity contribution in [2.75, 3.05) is 13.1 Å². The summed E-state index contributed by atoms with van der Waals surface area (Å²) in [6.45, 7) is 3.40. The summed E-state index contributed by atoms with van der Waals surface area (Å²) in [5, 5.41) is 5.12. The van der Waals surface area contributed by atoms with E-state index in [-0.39, 0.29) is 16.4 Å². The molecule has 1 aromatic carbocycles. The fraction of sp³-hybridized carbons (Fsp3) is 0.417. The third kappa shape index (κ3) is 2.54. The molecule has 1 atom stereocenters. The molecule has 18 heavy (non-hydrogen) atoms. The van der Waals surface area contributed by atoms with Gasteiger partial charge in [-0.05, 0) is 24.5 Å². The summed E-state index contributed by atoms with van der Waals surface area (Å²) in [6.07, 6.45) is 0.948. The first-order valence-electron chi connectivity index (χ1n) is 5.80. The highest BCUT2D eigenvalue weighted by molar-refractivity contribution is 7.89. The summed E-state index contributed by atoms with van der Waals surface area (Å²) in [6, 6.07) is 6.07. The number of hydrogen-bond acceptors (Lipinski definition) is 3. The summed E-state index contributed by atoms with van der Waals surface area (Å²) in [7, 11) is -3.87. The maximum atomic E-state index is 12.3. The lowest BCUT2D eigenvalue weighted by Gasteiger charge is -2.17. The molecule has 2 N–H and O–H groups in total. The summed E-state index contributed by atoms with van der Waals surface area (Å²) in [4.78, 5) is 13.8. The van der Waals surface area contributed by atoms with Crippen molar-refractivity contribution < 1.29 is 13.2 Å². The Balaban J connectivity index is 2.37. The Morgan fingerprint density at radius 3 is 2.61 bits per heavy atom. The number of primary sulfonamides is 1. The molecule has 1 heterocycles. The predicted octanol–water partition coefficient (Wildman–Crippen LogP) is 0.816. The lowest BCUT2D eigenvalue weighted by Crippen LogP contribution is -2.30. The number of sulfonamides is 1. The minimum atomic E-state index is -3.87. The minimum Gasteiger partial charge on any atom is -0.338 e. The van der Waals surface area contributed by atoms with Crippen LogP contribution >= 0.6 is 0 Å². The molecule has 1 amide bonds. The molecule has 98 valence electrons. The number of carbonyl (C=O) groups is 1. The molecule has 1 aliphatic heterocycles. The molecule has 0 aliphatic carbocycles. The van der Waals surface area contributed by atoms with Crippen LogP contribution in [0.25, 0.3) is 0 Å². The Labute approximate surface area is 107 Å². The molecule has 0 bridgehead atoms. The average Bonchev–Trinajstić information content (AvgIpc) is 2.74. The summed E-state index contributed by atoms with van der Waals surface area (Å²) in [5.41, 5.74) is 0.161. The first-order chi connectivity index (χ1) is 8.39. The first kappa shape index (κ1) is 13.0. The fourth-order valence-corrected chi connectivity index (χ4v) is 2.91. The van der Waals surface area contributed by atoms with E-state index in [1.165, 1.54) is 12.1 Å². The van der Waals surface area contributed by atoms with Crippen LogP contribution in [0.15, 0.2) is 29.2 Å². The van der Waals surface area contributed by atoms with Gasteiger partial charge in [0.1, 0.15) is 0 Å². The van der Waals surface area contributed by atoms with Gasteiger partial charge in [-0.25, -0.2) is 13.6 Å².